The van der Waals surface area contributed by atoms with E-state index in [1.54, 1.807) is 36.4 Å². The fraction of sp³-hybridized carbons (Fsp3) is 0.348. The molecule has 0 bridgehead atoms. The molecular weight excluding hydrogens is 680 g/mol. The highest BCUT2D eigenvalue weighted by molar-refractivity contribution is 6.07. The van der Waals surface area contributed by atoms with Crippen molar-refractivity contribution >= 4 is 23.7 Å². The summed E-state index contributed by atoms with van der Waals surface area (Å²) in [6.45, 7) is 16.9. The molecule has 0 saturated heterocycles. The number of aromatic hydroxyl groups is 4. The lowest BCUT2D eigenvalue weighted by molar-refractivity contribution is 0.103. The zero-order valence-electron chi connectivity index (χ0n) is 32.9. The molecule has 0 aromatic heterocycles. The van der Waals surface area contributed by atoms with Gasteiger partial charge in [0.2, 0.25) is 0 Å². The van der Waals surface area contributed by atoms with Crippen molar-refractivity contribution in [2.75, 3.05) is 13.2 Å². The molecule has 4 aromatic carbocycles. The van der Waals surface area contributed by atoms with Crippen molar-refractivity contribution in [2.45, 2.75) is 92.9 Å². The summed E-state index contributed by atoms with van der Waals surface area (Å²) in [6.07, 6.45) is 9.77. The predicted molar refractivity (Wildman–Crippen MR) is 218 cm³/mol. The quantitative estimate of drug-likeness (QED) is 0.0660. The summed E-state index contributed by atoms with van der Waals surface area (Å²) in [7, 11) is 0. The zero-order valence-corrected chi connectivity index (χ0v) is 32.9. The van der Waals surface area contributed by atoms with Crippen molar-refractivity contribution < 1.29 is 39.5 Å². The van der Waals surface area contributed by atoms with Gasteiger partial charge in [-0.2, -0.15) is 0 Å². The fourth-order valence-corrected chi connectivity index (χ4v) is 6.08. The average Bonchev–Trinajstić information content (AvgIpc) is 3.14. The van der Waals surface area contributed by atoms with Crippen LogP contribution in [0.4, 0.5) is 0 Å². The molecule has 0 unspecified atom stereocenters. The molecule has 0 atom stereocenters. The Morgan fingerprint density at radius 1 is 0.611 bits per heavy atom. The molecule has 8 nitrogen and oxygen atoms in total. The van der Waals surface area contributed by atoms with Gasteiger partial charge in [-0.05, 0) is 135 Å². The zero-order chi connectivity index (χ0) is 39.9. The smallest absolute Gasteiger partial charge is 0.185 e. The Kier molecular flexibility index (Phi) is 16.4. The minimum atomic E-state index is -0.164. The van der Waals surface area contributed by atoms with Crippen LogP contribution in [0.15, 0.2) is 72.8 Å². The summed E-state index contributed by atoms with van der Waals surface area (Å²) >= 11 is 0. The first kappa shape index (κ1) is 42.9. The first-order valence-electron chi connectivity index (χ1n) is 18.8. The maximum Gasteiger partial charge on any atom is 0.185 e. The normalized spacial score (nSPS) is 11.3. The lowest BCUT2D eigenvalue weighted by atomic mass is 9.90. The van der Waals surface area contributed by atoms with Crippen LogP contribution < -0.4 is 9.47 Å². The number of aryl methyl sites for hydroxylation is 1. The van der Waals surface area contributed by atoms with Crippen molar-refractivity contribution in [3.05, 3.63) is 117 Å². The van der Waals surface area contributed by atoms with E-state index in [2.05, 4.69) is 13.8 Å². The van der Waals surface area contributed by atoms with E-state index in [1.165, 1.54) is 36.4 Å². The molecule has 54 heavy (non-hydrogen) atoms. The van der Waals surface area contributed by atoms with Crippen molar-refractivity contribution in [1.29, 1.82) is 0 Å². The van der Waals surface area contributed by atoms with Crippen molar-refractivity contribution in [1.82, 2.24) is 0 Å². The van der Waals surface area contributed by atoms with E-state index in [9.17, 15) is 30.0 Å². The Morgan fingerprint density at radius 2 is 1.07 bits per heavy atom. The molecule has 0 aliphatic heterocycles. The number of carbonyl (C=O) groups is 2. The van der Waals surface area contributed by atoms with Gasteiger partial charge in [0.25, 0.3) is 0 Å². The van der Waals surface area contributed by atoms with E-state index in [-0.39, 0.29) is 40.7 Å². The summed E-state index contributed by atoms with van der Waals surface area (Å²) in [5, 5.41) is 40.1. The van der Waals surface area contributed by atoms with E-state index in [0.29, 0.717) is 48.0 Å². The Balaban J connectivity index is 0.000000290. The molecule has 0 heterocycles. The molecule has 4 N–H and O–H groups in total. The van der Waals surface area contributed by atoms with Crippen molar-refractivity contribution in [2.24, 2.45) is 0 Å². The molecule has 8 heteroatoms. The minimum Gasteiger partial charge on any atom is -0.508 e. The van der Waals surface area contributed by atoms with Gasteiger partial charge in [-0.3, -0.25) is 9.59 Å². The molecular formula is C46H56O8. The number of allylic oxidation sites excluding steroid dienone is 2. The summed E-state index contributed by atoms with van der Waals surface area (Å²) in [4.78, 5) is 24.9. The largest absolute Gasteiger partial charge is 0.508 e. The van der Waals surface area contributed by atoms with Gasteiger partial charge in [-0.1, -0.05) is 54.4 Å². The number of carbonyl (C=O) groups excluding carboxylic acids is 2. The summed E-state index contributed by atoms with van der Waals surface area (Å²) in [5.41, 5.74) is 5.85. The van der Waals surface area contributed by atoms with Crippen LogP contribution in [0.2, 0.25) is 0 Å². The summed E-state index contributed by atoms with van der Waals surface area (Å²) in [5.74, 6) is 1.98. The molecule has 4 aromatic rings. The number of rotatable bonds is 16. The Hall–Kier alpha value is -5.50. The minimum absolute atomic E-state index is 0.0743. The van der Waals surface area contributed by atoms with E-state index < -0.39 is 0 Å². The standard InChI is InChI=1S/2C23H28O4/c1-6-27-23-17(9-12-20(25)16-7-10-18(24)11-8-16)13-19(14(2)3)22(26)21(23)15(4)5;1-4-7-17-15-18(23(27-6-3)20(8-5-2)22(17)26)11-14-21(25)16-9-12-19(24)13-10-16/h7-15,24,26H,6H2,1-5H3;9-15,24,26H,4-8H2,1-3H3/b12-9+;14-11+. The maximum absolute atomic E-state index is 12.4. The molecule has 0 radical (unpaired) electrons. The van der Waals surface area contributed by atoms with Crippen LogP contribution in [-0.4, -0.2) is 45.2 Å². The SMILES string of the molecule is CCCc1cc(/C=C/C(=O)c2ccc(O)cc2)c(OCC)c(CCC)c1O.CCOc1c(/C=C/C(=O)c2ccc(O)cc2)cc(C(C)C)c(O)c1C(C)C. The monoisotopic (exact) mass is 736 g/mol. The van der Waals surface area contributed by atoms with Gasteiger partial charge in [0.1, 0.15) is 34.5 Å². The molecule has 288 valence electrons. The van der Waals surface area contributed by atoms with Crippen LogP contribution in [0.5, 0.6) is 34.5 Å². The lowest BCUT2D eigenvalue weighted by Crippen LogP contribution is -2.04. The number of hydrogen-bond donors (Lipinski definition) is 4. The number of ether oxygens (including phenoxy) is 2. The highest BCUT2D eigenvalue weighted by atomic mass is 16.5. The third-order valence-corrected chi connectivity index (χ3v) is 8.73. The second kappa shape index (κ2) is 20.7. The molecule has 4 rings (SSSR count). The summed E-state index contributed by atoms with van der Waals surface area (Å²) in [6, 6.07) is 16.1. The lowest BCUT2D eigenvalue weighted by Gasteiger charge is -2.21. The number of hydrogen-bond acceptors (Lipinski definition) is 8. The van der Waals surface area contributed by atoms with Gasteiger partial charge in [0.15, 0.2) is 11.6 Å². The predicted octanol–water partition coefficient (Wildman–Crippen LogP) is 10.9. The van der Waals surface area contributed by atoms with E-state index in [4.69, 9.17) is 9.47 Å². The summed E-state index contributed by atoms with van der Waals surface area (Å²) < 4.78 is 11.7. The molecule has 0 aliphatic rings. The average molecular weight is 737 g/mol. The van der Waals surface area contributed by atoms with E-state index in [0.717, 1.165) is 52.6 Å². The van der Waals surface area contributed by atoms with Gasteiger partial charge in [0.05, 0.1) is 13.2 Å². The number of phenols is 4. The first-order valence-corrected chi connectivity index (χ1v) is 18.8. The van der Waals surface area contributed by atoms with E-state index in [1.807, 2.05) is 53.7 Å². The Morgan fingerprint density at radius 3 is 1.50 bits per heavy atom. The van der Waals surface area contributed by atoms with Crippen molar-refractivity contribution in [3.63, 3.8) is 0 Å². The van der Waals surface area contributed by atoms with Crippen LogP contribution in [0.1, 0.15) is 134 Å². The fourth-order valence-electron chi connectivity index (χ4n) is 6.08. The number of benzene rings is 4. The van der Waals surface area contributed by atoms with Crippen molar-refractivity contribution in [3.8, 4) is 34.5 Å². The van der Waals surface area contributed by atoms with Gasteiger partial charge in [-0.25, -0.2) is 0 Å². The second-order valence-electron chi connectivity index (χ2n) is 13.6. The van der Waals surface area contributed by atoms with Gasteiger partial charge < -0.3 is 29.9 Å². The Labute approximate surface area is 320 Å². The third kappa shape index (κ3) is 11.3. The first-order chi connectivity index (χ1) is 25.8. The molecule has 0 saturated carbocycles. The van der Waals surface area contributed by atoms with Gasteiger partial charge in [-0.15, -0.1) is 0 Å². The third-order valence-electron chi connectivity index (χ3n) is 8.73. The topological polar surface area (TPSA) is 134 Å². The van der Waals surface area contributed by atoms with Crippen LogP contribution in [-0.2, 0) is 12.8 Å². The highest BCUT2D eigenvalue weighted by Gasteiger charge is 2.22. The van der Waals surface area contributed by atoms with Crippen LogP contribution in [0.25, 0.3) is 12.2 Å². The second-order valence-corrected chi connectivity index (χ2v) is 13.6. The van der Waals surface area contributed by atoms with Gasteiger partial charge >= 0.3 is 0 Å². The number of ketones is 2. The van der Waals surface area contributed by atoms with Crippen LogP contribution in [0, 0.1) is 0 Å². The number of phenolic OH excluding ortho intramolecular Hbond substituents is 4. The molecule has 0 aliphatic carbocycles. The Bertz CT molecular complexity index is 1920. The molecule has 0 fully saturated rings. The maximum atomic E-state index is 12.4. The molecule has 0 amide bonds. The van der Waals surface area contributed by atoms with E-state index >= 15 is 0 Å². The molecule has 0 spiro atoms. The van der Waals surface area contributed by atoms with Crippen LogP contribution in [0.3, 0.4) is 0 Å². The van der Waals surface area contributed by atoms with Crippen LogP contribution >= 0.6 is 0 Å². The van der Waals surface area contributed by atoms with Gasteiger partial charge in [0, 0.05) is 33.4 Å². The highest BCUT2D eigenvalue weighted by Crippen LogP contribution is 2.43.